The standard InChI is InChI=1S/C15H24N6/c1-11(2)21-9-7-16-14(21)10-20-8-5-4-6-13(20)15-17-12(3)18-19-15/h7,9,11,13H,4-6,8,10H2,1-3H3,(H,17,18,19). The summed E-state index contributed by atoms with van der Waals surface area (Å²) in [6.45, 7) is 8.29. The normalized spacial score (nSPS) is 20.3. The molecule has 0 aromatic carbocycles. The first-order chi connectivity index (χ1) is 10.1. The van der Waals surface area contributed by atoms with Gasteiger partial charge in [0, 0.05) is 18.4 Å². The van der Waals surface area contributed by atoms with Gasteiger partial charge in [0.1, 0.15) is 11.6 Å². The molecular formula is C15H24N6. The number of imidazole rings is 1. The minimum absolute atomic E-state index is 0.306. The Morgan fingerprint density at radius 1 is 1.38 bits per heavy atom. The van der Waals surface area contributed by atoms with Crippen LogP contribution >= 0.6 is 0 Å². The van der Waals surface area contributed by atoms with Gasteiger partial charge in [-0.25, -0.2) is 9.97 Å². The topological polar surface area (TPSA) is 62.6 Å². The molecule has 0 aliphatic carbocycles. The van der Waals surface area contributed by atoms with E-state index in [2.05, 4.69) is 49.7 Å². The number of piperidine rings is 1. The Morgan fingerprint density at radius 3 is 2.95 bits per heavy atom. The average Bonchev–Trinajstić information content (AvgIpc) is 3.08. The average molecular weight is 288 g/mol. The number of nitrogens with one attached hydrogen (secondary N) is 1. The molecule has 1 fully saturated rings. The van der Waals surface area contributed by atoms with Gasteiger partial charge < -0.3 is 4.57 Å². The Labute approximate surface area is 125 Å². The minimum Gasteiger partial charge on any atom is -0.331 e. The van der Waals surface area contributed by atoms with Crippen molar-refractivity contribution in [3.63, 3.8) is 0 Å². The van der Waals surface area contributed by atoms with Crippen LogP contribution in [0, 0.1) is 6.92 Å². The van der Waals surface area contributed by atoms with Gasteiger partial charge in [-0.15, -0.1) is 0 Å². The predicted molar refractivity (Wildman–Crippen MR) is 80.7 cm³/mol. The third-order valence-electron chi connectivity index (χ3n) is 4.18. The van der Waals surface area contributed by atoms with E-state index in [9.17, 15) is 0 Å². The lowest BCUT2D eigenvalue weighted by Gasteiger charge is -2.33. The monoisotopic (exact) mass is 288 g/mol. The lowest BCUT2D eigenvalue weighted by Crippen LogP contribution is -2.34. The largest absolute Gasteiger partial charge is 0.331 e. The summed E-state index contributed by atoms with van der Waals surface area (Å²) in [5.41, 5.74) is 0. The van der Waals surface area contributed by atoms with E-state index in [0.29, 0.717) is 12.1 Å². The van der Waals surface area contributed by atoms with Crippen molar-refractivity contribution in [1.82, 2.24) is 29.6 Å². The number of nitrogens with zero attached hydrogens (tertiary/aromatic N) is 5. The molecule has 3 rings (SSSR count). The number of hydrogen-bond acceptors (Lipinski definition) is 4. The lowest BCUT2D eigenvalue weighted by molar-refractivity contribution is 0.128. The Morgan fingerprint density at radius 2 is 2.24 bits per heavy atom. The predicted octanol–water partition coefficient (Wildman–Crippen LogP) is 2.62. The maximum Gasteiger partial charge on any atom is 0.167 e. The van der Waals surface area contributed by atoms with Crippen LogP contribution in [0.15, 0.2) is 12.4 Å². The SMILES string of the molecule is Cc1nc(C2CCCCN2Cc2nccn2C(C)C)n[nH]1. The first kappa shape index (κ1) is 14.3. The molecule has 1 aliphatic rings. The maximum atomic E-state index is 4.54. The highest BCUT2D eigenvalue weighted by Crippen LogP contribution is 2.30. The Hall–Kier alpha value is -1.69. The van der Waals surface area contributed by atoms with Gasteiger partial charge in [0.05, 0.1) is 12.6 Å². The van der Waals surface area contributed by atoms with Crippen LogP contribution in [0.4, 0.5) is 0 Å². The van der Waals surface area contributed by atoms with Crippen LogP contribution < -0.4 is 0 Å². The van der Waals surface area contributed by atoms with Crippen molar-refractivity contribution in [2.24, 2.45) is 0 Å². The van der Waals surface area contributed by atoms with Crippen molar-refractivity contribution >= 4 is 0 Å². The fraction of sp³-hybridized carbons (Fsp3) is 0.667. The molecule has 2 aromatic heterocycles. The van der Waals surface area contributed by atoms with Gasteiger partial charge in [-0.2, -0.15) is 5.10 Å². The van der Waals surface area contributed by atoms with E-state index in [0.717, 1.165) is 37.0 Å². The van der Waals surface area contributed by atoms with E-state index in [4.69, 9.17) is 0 Å². The molecule has 1 saturated heterocycles. The molecule has 3 heterocycles. The molecule has 114 valence electrons. The molecular weight excluding hydrogens is 264 g/mol. The molecule has 2 aromatic rings. The van der Waals surface area contributed by atoms with Crippen molar-refractivity contribution in [3.8, 4) is 0 Å². The maximum absolute atomic E-state index is 4.54. The Balaban J connectivity index is 1.80. The number of aromatic nitrogens is 5. The van der Waals surface area contributed by atoms with E-state index >= 15 is 0 Å². The van der Waals surface area contributed by atoms with Gasteiger partial charge >= 0.3 is 0 Å². The quantitative estimate of drug-likeness (QED) is 0.939. The molecule has 0 saturated carbocycles. The van der Waals surface area contributed by atoms with E-state index in [-0.39, 0.29) is 0 Å². The van der Waals surface area contributed by atoms with Crippen LogP contribution in [-0.2, 0) is 6.54 Å². The van der Waals surface area contributed by atoms with Crippen LogP contribution in [0.3, 0.4) is 0 Å². The highest BCUT2D eigenvalue weighted by Gasteiger charge is 2.28. The summed E-state index contributed by atoms with van der Waals surface area (Å²) in [4.78, 5) is 11.5. The highest BCUT2D eigenvalue weighted by molar-refractivity contribution is 5.01. The summed E-state index contributed by atoms with van der Waals surface area (Å²) in [5.74, 6) is 2.94. The van der Waals surface area contributed by atoms with E-state index < -0.39 is 0 Å². The van der Waals surface area contributed by atoms with Crippen molar-refractivity contribution < 1.29 is 0 Å². The number of hydrogen-bond donors (Lipinski definition) is 1. The Bertz CT molecular complexity index is 585. The summed E-state index contributed by atoms with van der Waals surface area (Å²) in [5, 5.41) is 7.34. The summed E-state index contributed by atoms with van der Waals surface area (Å²) >= 11 is 0. The lowest BCUT2D eigenvalue weighted by atomic mass is 10.0. The molecule has 6 nitrogen and oxygen atoms in total. The molecule has 0 radical (unpaired) electrons. The first-order valence-corrected chi connectivity index (χ1v) is 7.80. The second-order valence-electron chi connectivity index (χ2n) is 6.11. The third-order valence-corrected chi connectivity index (χ3v) is 4.18. The molecule has 0 amide bonds. The molecule has 0 bridgehead atoms. The van der Waals surface area contributed by atoms with Crippen LogP contribution in [0.1, 0.15) is 62.7 Å². The Kier molecular flexibility index (Phi) is 4.05. The molecule has 1 N–H and O–H groups in total. The zero-order chi connectivity index (χ0) is 14.8. The van der Waals surface area contributed by atoms with Crippen molar-refractivity contribution in [2.75, 3.05) is 6.54 Å². The zero-order valence-corrected chi connectivity index (χ0v) is 13.1. The summed E-state index contributed by atoms with van der Waals surface area (Å²) in [6, 6.07) is 0.748. The first-order valence-electron chi connectivity index (χ1n) is 7.80. The number of H-pyrrole nitrogens is 1. The highest BCUT2D eigenvalue weighted by atomic mass is 15.3. The summed E-state index contributed by atoms with van der Waals surface area (Å²) < 4.78 is 2.24. The van der Waals surface area contributed by atoms with Gasteiger partial charge in [-0.1, -0.05) is 6.42 Å². The number of likely N-dealkylation sites (tertiary alicyclic amines) is 1. The fourth-order valence-electron chi connectivity index (χ4n) is 3.10. The van der Waals surface area contributed by atoms with Gasteiger partial charge in [0.15, 0.2) is 5.82 Å². The molecule has 0 spiro atoms. The van der Waals surface area contributed by atoms with E-state index in [1.54, 1.807) is 0 Å². The fourth-order valence-corrected chi connectivity index (χ4v) is 3.10. The van der Waals surface area contributed by atoms with Gasteiger partial charge in [0.2, 0.25) is 0 Å². The minimum atomic E-state index is 0.306. The van der Waals surface area contributed by atoms with E-state index in [1.165, 1.54) is 12.8 Å². The van der Waals surface area contributed by atoms with Gasteiger partial charge in [0.25, 0.3) is 0 Å². The summed E-state index contributed by atoms with van der Waals surface area (Å²) in [7, 11) is 0. The van der Waals surface area contributed by atoms with Gasteiger partial charge in [-0.05, 0) is 40.2 Å². The molecule has 21 heavy (non-hydrogen) atoms. The van der Waals surface area contributed by atoms with Crippen molar-refractivity contribution in [3.05, 3.63) is 29.9 Å². The second-order valence-corrected chi connectivity index (χ2v) is 6.11. The van der Waals surface area contributed by atoms with Crippen LogP contribution in [0.5, 0.6) is 0 Å². The van der Waals surface area contributed by atoms with Crippen molar-refractivity contribution in [2.45, 2.75) is 58.7 Å². The smallest absolute Gasteiger partial charge is 0.167 e. The van der Waals surface area contributed by atoms with Crippen LogP contribution in [0.25, 0.3) is 0 Å². The molecule has 6 heteroatoms. The third kappa shape index (κ3) is 3.00. The number of aromatic amines is 1. The molecule has 1 aliphatic heterocycles. The van der Waals surface area contributed by atoms with Crippen molar-refractivity contribution in [1.29, 1.82) is 0 Å². The molecule has 1 unspecified atom stereocenters. The van der Waals surface area contributed by atoms with Gasteiger partial charge in [-0.3, -0.25) is 10.00 Å². The molecule has 1 atom stereocenters. The van der Waals surface area contributed by atoms with E-state index in [1.807, 2.05) is 13.1 Å². The summed E-state index contributed by atoms with van der Waals surface area (Å²) in [6.07, 6.45) is 7.57. The second kappa shape index (κ2) is 5.97. The zero-order valence-electron chi connectivity index (χ0n) is 13.1. The van der Waals surface area contributed by atoms with Crippen LogP contribution in [-0.4, -0.2) is 36.2 Å². The number of rotatable bonds is 4. The van der Waals surface area contributed by atoms with Crippen LogP contribution in [0.2, 0.25) is 0 Å². The number of aryl methyl sites for hydroxylation is 1.